The molecule has 16 heavy (non-hydrogen) atoms. The minimum Gasteiger partial charge on any atom is -0.396 e. The Morgan fingerprint density at radius 3 is 2.38 bits per heavy atom. The number of nitrogens with two attached hydrogens (primary N) is 1. The fourth-order valence-corrected chi connectivity index (χ4v) is 1.53. The van der Waals surface area contributed by atoms with E-state index in [-0.39, 0.29) is 30.5 Å². The van der Waals surface area contributed by atoms with Gasteiger partial charge in [0.2, 0.25) is 5.91 Å². The normalized spacial score (nSPS) is 16.6. The third-order valence-electron chi connectivity index (χ3n) is 2.69. The van der Waals surface area contributed by atoms with Crippen molar-refractivity contribution in [1.29, 1.82) is 0 Å². The Balaban J connectivity index is 3.72. The zero-order valence-corrected chi connectivity index (χ0v) is 10.7. The number of hydrogen-bond donors (Lipinski definition) is 3. The topological polar surface area (TPSA) is 75.4 Å². The van der Waals surface area contributed by atoms with E-state index in [2.05, 4.69) is 5.32 Å². The summed E-state index contributed by atoms with van der Waals surface area (Å²) in [5.74, 6) is 0.102. The summed E-state index contributed by atoms with van der Waals surface area (Å²) < 4.78 is 0. The van der Waals surface area contributed by atoms with Gasteiger partial charge in [-0.25, -0.2) is 0 Å². The third-order valence-corrected chi connectivity index (χ3v) is 2.69. The lowest BCUT2D eigenvalue weighted by atomic mass is 10.0. The molecule has 0 aliphatic heterocycles. The molecule has 0 bridgehead atoms. The molecule has 0 aliphatic rings. The van der Waals surface area contributed by atoms with Gasteiger partial charge in [-0.05, 0) is 33.1 Å². The Kier molecular flexibility index (Phi) is 8.21. The first-order chi connectivity index (χ1) is 7.47. The van der Waals surface area contributed by atoms with Crippen molar-refractivity contribution in [3.63, 3.8) is 0 Å². The fourth-order valence-electron chi connectivity index (χ4n) is 1.53. The van der Waals surface area contributed by atoms with Gasteiger partial charge in [-0.1, -0.05) is 13.3 Å². The van der Waals surface area contributed by atoms with Crippen LogP contribution in [0, 0.1) is 5.92 Å². The monoisotopic (exact) mass is 230 g/mol. The number of amides is 1. The van der Waals surface area contributed by atoms with Crippen molar-refractivity contribution in [3.05, 3.63) is 0 Å². The molecule has 3 atom stereocenters. The Hall–Kier alpha value is -0.610. The highest BCUT2D eigenvalue weighted by atomic mass is 16.3. The van der Waals surface area contributed by atoms with Crippen LogP contribution in [0.1, 0.15) is 46.5 Å². The Morgan fingerprint density at radius 1 is 1.25 bits per heavy atom. The molecule has 4 N–H and O–H groups in total. The number of aliphatic hydroxyl groups is 1. The van der Waals surface area contributed by atoms with Crippen molar-refractivity contribution in [3.8, 4) is 0 Å². The molecule has 96 valence electrons. The second-order valence-electron chi connectivity index (χ2n) is 4.73. The minimum absolute atomic E-state index is 0.0277. The molecule has 0 saturated carbocycles. The number of rotatable bonds is 8. The molecule has 0 heterocycles. The smallest absolute Gasteiger partial charge is 0.223 e. The average Bonchev–Trinajstić information content (AvgIpc) is 2.17. The maximum atomic E-state index is 11.7. The van der Waals surface area contributed by atoms with Gasteiger partial charge in [0.1, 0.15) is 0 Å². The van der Waals surface area contributed by atoms with Gasteiger partial charge in [0, 0.05) is 24.6 Å². The lowest BCUT2D eigenvalue weighted by Crippen LogP contribution is -2.36. The summed E-state index contributed by atoms with van der Waals surface area (Å²) in [7, 11) is 0. The summed E-state index contributed by atoms with van der Waals surface area (Å²) in [6, 6.07) is 0.261. The first-order valence-corrected chi connectivity index (χ1v) is 6.14. The van der Waals surface area contributed by atoms with Crippen molar-refractivity contribution in [2.45, 2.75) is 58.5 Å². The maximum Gasteiger partial charge on any atom is 0.223 e. The van der Waals surface area contributed by atoms with Crippen LogP contribution in [0.3, 0.4) is 0 Å². The molecule has 0 aromatic rings. The van der Waals surface area contributed by atoms with Gasteiger partial charge in [0.25, 0.3) is 0 Å². The lowest BCUT2D eigenvalue weighted by Gasteiger charge is -2.17. The average molecular weight is 230 g/mol. The van der Waals surface area contributed by atoms with Crippen molar-refractivity contribution < 1.29 is 9.90 Å². The van der Waals surface area contributed by atoms with E-state index in [1.165, 1.54) is 0 Å². The summed E-state index contributed by atoms with van der Waals surface area (Å²) in [5.41, 5.74) is 5.65. The molecule has 1 amide bonds. The summed E-state index contributed by atoms with van der Waals surface area (Å²) in [4.78, 5) is 11.7. The Bertz CT molecular complexity index is 195. The van der Waals surface area contributed by atoms with Gasteiger partial charge in [0.15, 0.2) is 0 Å². The molecule has 0 rings (SSSR count). The number of hydrogen-bond acceptors (Lipinski definition) is 3. The second-order valence-corrected chi connectivity index (χ2v) is 4.73. The summed E-state index contributed by atoms with van der Waals surface area (Å²) >= 11 is 0. The highest BCUT2D eigenvalue weighted by Crippen LogP contribution is 2.09. The van der Waals surface area contributed by atoms with Crippen molar-refractivity contribution in [2.75, 3.05) is 6.61 Å². The van der Waals surface area contributed by atoms with Gasteiger partial charge in [-0.15, -0.1) is 0 Å². The van der Waals surface area contributed by atoms with Gasteiger partial charge in [-0.2, -0.15) is 0 Å². The first-order valence-electron chi connectivity index (χ1n) is 6.14. The second kappa shape index (κ2) is 8.53. The van der Waals surface area contributed by atoms with E-state index in [0.717, 1.165) is 19.3 Å². The van der Waals surface area contributed by atoms with Crippen LogP contribution < -0.4 is 11.1 Å². The molecule has 0 saturated heterocycles. The van der Waals surface area contributed by atoms with E-state index in [0.29, 0.717) is 6.42 Å². The van der Waals surface area contributed by atoms with Crippen molar-refractivity contribution >= 4 is 5.91 Å². The minimum atomic E-state index is 0.0277. The van der Waals surface area contributed by atoms with E-state index >= 15 is 0 Å². The summed E-state index contributed by atoms with van der Waals surface area (Å²) in [6.07, 6.45) is 3.43. The Morgan fingerprint density at radius 2 is 1.88 bits per heavy atom. The molecule has 0 spiro atoms. The predicted octanol–water partition coefficient (Wildman–Crippen LogP) is 1.03. The summed E-state index contributed by atoms with van der Waals surface area (Å²) in [5, 5.41) is 11.6. The van der Waals surface area contributed by atoms with E-state index in [1.807, 2.05) is 20.8 Å². The highest BCUT2D eigenvalue weighted by Gasteiger charge is 2.14. The van der Waals surface area contributed by atoms with Crippen LogP contribution in [0.4, 0.5) is 0 Å². The van der Waals surface area contributed by atoms with Gasteiger partial charge < -0.3 is 16.2 Å². The molecule has 4 heteroatoms. The van der Waals surface area contributed by atoms with Crippen LogP contribution in [0.15, 0.2) is 0 Å². The lowest BCUT2D eigenvalue weighted by molar-refractivity contribution is -0.125. The van der Waals surface area contributed by atoms with Crippen LogP contribution in [-0.2, 0) is 4.79 Å². The largest absolute Gasteiger partial charge is 0.396 e. The molecule has 0 radical (unpaired) electrons. The standard InChI is InChI=1S/C12H26N2O2/c1-9(5-4-6-10(2)13)12(16)14-11(3)7-8-15/h9-11,15H,4-8,13H2,1-3H3,(H,14,16). The van der Waals surface area contributed by atoms with Gasteiger partial charge >= 0.3 is 0 Å². The van der Waals surface area contributed by atoms with Gasteiger partial charge in [0.05, 0.1) is 0 Å². The van der Waals surface area contributed by atoms with Crippen LogP contribution in [0.2, 0.25) is 0 Å². The van der Waals surface area contributed by atoms with E-state index in [4.69, 9.17) is 10.8 Å². The van der Waals surface area contributed by atoms with Crippen molar-refractivity contribution in [2.24, 2.45) is 11.7 Å². The molecular formula is C12H26N2O2. The van der Waals surface area contributed by atoms with Gasteiger partial charge in [-0.3, -0.25) is 4.79 Å². The molecule has 0 fully saturated rings. The predicted molar refractivity (Wildman–Crippen MR) is 66.0 cm³/mol. The SMILES string of the molecule is CC(N)CCCC(C)C(=O)NC(C)CCO. The van der Waals surface area contributed by atoms with E-state index in [9.17, 15) is 4.79 Å². The number of carbonyl (C=O) groups is 1. The molecular weight excluding hydrogens is 204 g/mol. The quantitative estimate of drug-likeness (QED) is 0.583. The fraction of sp³-hybridized carbons (Fsp3) is 0.917. The molecule has 0 aliphatic carbocycles. The zero-order valence-electron chi connectivity index (χ0n) is 10.7. The summed E-state index contributed by atoms with van der Waals surface area (Å²) in [6.45, 7) is 5.93. The van der Waals surface area contributed by atoms with Crippen LogP contribution in [0.5, 0.6) is 0 Å². The number of aliphatic hydroxyl groups excluding tert-OH is 1. The third kappa shape index (κ3) is 7.65. The van der Waals surface area contributed by atoms with E-state index in [1.54, 1.807) is 0 Å². The number of carbonyl (C=O) groups excluding carboxylic acids is 1. The molecule has 0 aromatic carbocycles. The van der Waals surface area contributed by atoms with Crippen LogP contribution in [-0.4, -0.2) is 29.7 Å². The number of nitrogens with one attached hydrogen (secondary N) is 1. The highest BCUT2D eigenvalue weighted by molar-refractivity contribution is 5.78. The molecule has 0 aromatic heterocycles. The zero-order chi connectivity index (χ0) is 12.6. The molecule has 3 unspecified atom stereocenters. The maximum absolute atomic E-state index is 11.7. The van der Waals surface area contributed by atoms with Crippen molar-refractivity contribution in [1.82, 2.24) is 5.32 Å². The van der Waals surface area contributed by atoms with Crippen LogP contribution >= 0.6 is 0 Å². The Labute approximate surface area is 98.6 Å². The first kappa shape index (κ1) is 15.4. The molecule has 4 nitrogen and oxygen atoms in total. The van der Waals surface area contributed by atoms with Crippen LogP contribution in [0.25, 0.3) is 0 Å². The van der Waals surface area contributed by atoms with E-state index < -0.39 is 0 Å².